The van der Waals surface area contributed by atoms with Crippen LogP contribution in [0.15, 0.2) is 18.2 Å². The molecule has 3 N–H and O–H groups in total. The first kappa shape index (κ1) is 13.0. The average Bonchev–Trinajstić information content (AvgIpc) is 2.25. The summed E-state index contributed by atoms with van der Waals surface area (Å²) in [5, 5.41) is 22.2. The van der Waals surface area contributed by atoms with Crippen LogP contribution in [0.4, 0.5) is 0 Å². The lowest BCUT2D eigenvalue weighted by Crippen LogP contribution is -2.33. The lowest BCUT2D eigenvalue weighted by Gasteiger charge is -2.21. The van der Waals surface area contributed by atoms with Crippen molar-refractivity contribution < 1.29 is 10.2 Å². The summed E-state index contributed by atoms with van der Waals surface area (Å²) in [7, 11) is 0. The molecule has 0 aliphatic rings. The highest BCUT2D eigenvalue weighted by molar-refractivity contribution is 5.37. The Morgan fingerprint density at radius 1 is 1.38 bits per heavy atom. The van der Waals surface area contributed by atoms with E-state index in [1.165, 1.54) is 0 Å². The second-order valence-electron chi connectivity index (χ2n) is 4.24. The minimum absolute atomic E-state index is 0.0395. The molecule has 3 heteroatoms. The van der Waals surface area contributed by atoms with Crippen LogP contribution in [0.2, 0.25) is 0 Å². The quantitative estimate of drug-likeness (QED) is 0.716. The summed E-state index contributed by atoms with van der Waals surface area (Å²) in [6, 6.07) is 5.78. The molecule has 0 heterocycles. The van der Waals surface area contributed by atoms with Gasteiger partial charge in [-0.2, -0.15) is 0 Å². The lowest BCUT2D eigenvalue weighted by molar-refractivity contribution is 0.229. The molecule has 0 saturated heterocycles. The molecule has 0 radical (unpaired) electrons. The van der Waals surface area contributed by atoms with Crippen molar-refractivity contribution in [3.63, 3.8) is 0 Å². The third kappa shape index (κ3) is 3.22. The molecule has 1 aromatic rings. The summed E-state index contributed by atoms with van der Waals surface area (Å²) >= 11 is 0. The van der Waals surface area contributed by atoms with E-state index in [2.05, 4.69) is 5.32 Å². The maximum absolute atomic E-state index is 9.82. The number of aliphatic hydroxyl groups excluding tert-OH is 1. The monoisotopic (exact) mass is 223 g/mol. The molecule has 16 heavy (non-hydrogen) atoms. The molecular weight excluding hydrogens is 202 g/mol. The van der Waals surface area contributed by atoms with Crippen molar-refractivity contribution in [1.29, 1.82) is 0 Å². The summed E-state index contributed by atoms with van der Waals surface area (Å²) in [4.78, 5) is 0. The van der Waals surface area contributed by atoms with Gasteiger partial charge in [-0.3, -0.25) is 0 Å². The fourth-order valence-corrected chi connectivity index (χ4v) is 1.76. The average molecular weight is 223 g/mol. The van der Waals surface area contributed by atoms with Crippen LogP contribution in [0, 0.1) is 6.92 Å². The molecule has 3 nitrogen and oxygen atoms in total. The number of aliphatic hydroxyl groups is 1. The number of phenolic OH excluding ortho intramolecular Hbond substituents is 1. The Bertz CT molecular complexity index is 335. The molecular formula is C13H21NO2. The van der Waals surface area contributed by atoms with Crippen molar-refractivity contribution in [3.8, 4) is 5.75 Å². The van der Waals surface area contributed by atoms with Crippen molar-refractivity contribution >= 4 is 0 Å². The van der Waals surface area contributed by atoms with Crippen molar-refractivity contribution in [2.75, 3.05) is 6.61 Å². The minimum Gasteiger partial charge on any atom is -0.508 e. The first-order chi connectivity index (χ1) is 7.58. The van der Waals surface area contributed by atoms with Gasteiger partial charge in [-0.25, -0.2) is 0 Å². The van der Waals surface area contributed by atoms with E-state index in [0.717, 1.165) is 17.5 Å². The number of nitrogens with one attached hydrogen (secondary N) is 1. The summed E-state index contributed by atoms with van der Waals surface area (Å²) in [5.41, 5.74) is 1.92. The van der Waals surface area contributed by atoms with Crippen LogP contribution in [0.1, 0.15) is 37.4 Å². The van der Waals surface area contributed by atoms with Crippen molar-refractivity contribution in [2.45, 2.75) is 39.3 Å². The Morgan fingerprint density at radius 3 is 2.56 bits per heavy atom. The third-order valence-corrected chi connectivity index (χ3v) is 2.85. The molecule has 2 atom stereocenters. The number of rotatable bonds is 5. The SMILES string of the molecule is CCC(CO)NC(C)c1ccc(C)cc1O. The van der Waals surface area contributed by atoms with Gasteiger partial charge in [0.2, 0.25) is 0 Å². The van der Waals surface area contributed by atoms with Gasteiger partial charge in [-0.05, 0) is 31.9 Å². The summed E-state index contributed by atoms with van der Waals surface area (Å²) < 4.78 is 0. The molecule has 0 saturated carbocycles. The van der Waals surface area contributed by atoms with Gasteiger partial charge in [0.1, 0.15) is 5.75 Å². The first-order valence-electron chi connectivity index (χ1n) is 5.74. The van der Waals surface area contributed by atoms with Crippen molar-refractivity contribution in [3.05, 3.63) is 29.3 Å². The zero-order chi connectivity index (χ0) is 12.1. The minimum atomic E-state index is 0.0395. The highest BCUT2D eigenvalue weighted by atomic mass is 16.3. The van der Waals surface area contributed by atoms with E-state index in [0.29, 0.717) is 5.75 Å². The van der Waals surface area contributed by atoms with Gasteiger partial charge in [0.15, 0.2) is 0 Å². The molecule has 0 amide bonds. The highest BCUT2D eigenvalue weighted by Crippen LogP contribution is 2.25. The molecule has 0 bridgehead atoms. The summed E-state index contributed by atoms with van der Waals surface area (Å²) in [5.74, 6) is 0.313. The Labute approximate surface area is 97.1 Å². The predicted octanol–water partition coefficient (Wildman–Crippen LogP) is 2.12. The topological polar surface area (TPSA) is 52.5 Å². The van der Waals surface area contributed by atoms with Crippen LogP contribution in [-0.2, 0) is 0 Å². The second kappa shape index (κ2) is 5.87. The third-order valence-electron chi connectivity index (χ3n) is 2.85. The molecule has 1 aromatic carbocycles. The van der Waals surface area contributed by atoms with Crippen molar-refractivity contribution in [2.24, 2.45) is 0 Å². The summed E-state index contributed by atoms with van der Waals surface area (Å²) in [6.45, 7) is 6.08. The lowest BCUT2D eigenvalue weighted by atomic mass is 10.0. The molecule has 0 aliphatic carbocycles. The number of hydrogen-bond acceptors (Lipinski definition) is 3. The summed E-state index contributed by atoms with van der Waals surface area (Å²) in [6.07, 6.45) is 0.869. The number of phenols is 1. The fraction of sp³-hybridized carbons (Fsp3) is 0.538. The Morgan fingerprint density at radius 2 is 2.06 bits per heavy atom. The molecule has 0 aromatic heterocycles. The van der Waals surface area contributed by atoms with Gasteiger partial charge in [0, 0.05) is 17.6 Å². The van der Waals surface area contributed by atoms with E-state index in [1.54, 1.807) is 6.07 Å². The van der Waals surface area contributed by atoms with E-state index in [-0.39, 0.29) is 18.7 Å². The van der Waals surface area contributed by atoms with Crippen molar-refractivity contribution in [1.82, 2.24) is 5.32 Å². The second-order valence-corrected chi connectivity index (χ2v) is 4.24. The predicted molar refractivity (Wildman–Crippen MR) is 65.6 cm³/mol. The standard InChI is InChI=1S/C13H21NO2/c1-4-11(8-15)14-10(3)12-6-5-9(2)7-13(12)16/h5-7,10-11,14-16H,4,8H2,1-3H3. The number of benzene rings is 1. The number of aryl methyl sites for hydroxylation is 1. The normalized spacial score (nSPS) is 14.8. The van der Waals surface area contributed by atoms with Crippen LogP contribution in [0.5, 0.6) is 5.75 Å². The Balaban J connectivity index is 2.76. The number of hydrogen-bond donors (Lipinski definition) is 3. The highest BCUT2D eigenvalue weighted by Gasteiger charge is 2.13. The molecule has 90 valence electrons. The fourth-order valence-electron chi connectivity index (χ4n) is 1.76. The van der Waals surface area contributed by atoms with Gasteiger partial charge in [0.25, 0.3) is 0 Å². The van der Waals surface area contributed by atoms with E-state index in [1.807, 2.05) is 32.9 Å². The van der Waals surface area contributed by atoms with Gasteiger partial charge in [-0.15, -0.1) is 0 Å². The van der Waals surface area contributed by atoms with Gasteiger partial charge >= 0.3 is 0 Å². The molecule has 1 rings (SSSR count). The van der Waals surface area contributed by atoms with Crippen LogP contribution in [0.3, 0.4) is 0 Å². The molecule has 2 unspecified atom stereocenters. The van der Waals surface area contributed by atoms with Crippen LogP contribution in [0.25, 0.3) is 0 Å². The van der Waals surface area contributed by atoms with E-state index < -0.39 is 0 Å². The first-order valence-corrected chi connectivity index (χ1v) is 5.74. The van der Waals surface area contributed by atoms with Crippen LogP contribution < -0.4 is 5.32 Å². The Kier molecular flexibility index (Phi) is 4.77. The molecule has 0 spiro atoms. The van der Waals surface area contributed by atoms with E-state index in [4.69, 9.17) is 5.11 Å². The van der Waals surface area contributed by atoms with Crippen LogP contribution in [-0.4, -0.2) is 22.9 Å². The van der Waals surface area contributed by atoms with Gasteiger partial charge in [-0.1, -0.05) is 19.1 Å². The maximum atomic E-state index is 9.82. The molecule has 0 aliphatic heterocycles. The van der Waals surface area contributed by atoms with Gasteiger partial charge in [0.05, 0.1) is 6.61 Å². The zero-order valence-corrected chi connectivity index (χ0v) is 10.2. The zero-order valence-electron chi connectivity index (χ0n) is 10.2. The smallest absolute Gasteiger partial charge is 0.120 e. The van der Waals surface area contributed by atoms with Gasteiger partial charge < -0.3 is 15.5 Å². The van der Waals surface area contributed by atoms with Crippen LogP contribution >= 0.6 is 0 Å². The molecule has 0 fully saturated rings. The Hall–Kier alpha value is -1.06. The largest absolute Gasteiger partial charge is 0.508 e. The maximum Gasteiger partial charge on any atom is 0.120 e. The van der Waals surface area contributed by atoms with E-state index in [9.17, 15) is 5.11 Å². The number of aromatic hydroxyl groups is 1. The van der Waals surface area contributed by atoms with E-state index >= 15 is 0 Å².